The predicted molar refractivity (Wildman–Crippen MR) is 146 cm³/mol. The number of carbonyl (C=O) groups is 1. The molecule has 2 unspecified atom stereocenters. The fourth-order valence-corrected chi connectivity index (χ4v) is 4.98. The molecule has 2 atom stereocenters. The van der Waals surface area contributed by atoms with Crippen LogP contribution in [0.1, 0.15) is 45.5 Å². The fourth-order valence-electron chi connectivity index (χ4n) is 4.75. The van der Waals surface area contributed by atoms with E-state index < -0.39 is 11.7 Å². The van der Waals surface area contributed by atoms with Gasteiger partial charge in [0.1, 0.15) is 17.2 Å². The highest BCUT2D eigenvalue weighted by molar-refractivity contribution is 6.30. The van der Waals surface area contributed by atoms with Crippen LogP contribution in [0.25, 0.3) is 11.0 Å². The first-order valence-corrected chi connectivity index (χ1v) is 12.6. The molecule has 2 heterocycles. The number of fused-ring (bicyclic) bond motifs is 1. The number of pyridine rings is 1. The number of benzene rings is 3. The van der Waals surface area contributed by atoms with Crippen molar-refractivity contribution in [2.45, 2.75) is 25.3 Å². The van der Waals surface area contributed by atoms with Gasteiger partial charge in [0.05, 0.1) is 31.2 Å². The van der Waals surface area contributed by atoms with E-state index in [0.29, 0.717) is 21.9 Å². The van der Waals surface area contributed by atoms with Crippen LogP contribution in [0.5, 0.6) is 0 Å². The maximum atomic E-state index is 14.3. The number of furan rings is 1. The smallest absolute Gasteiger partial charge is 0.225 e. The van der Waals surface area contributed by atoms with Gasteiger partial charge in [-0.25, -0.2) is 4.39 Å². The van der Waals surface area contributed by atoms with E-state index in [-0.39, 0.29) is 25.0 Å². The van der Waals surface area contributed by atoms with Gasteiger partial charge >= 0.3 is 0 Å². The second kappa shape index (κ2) is 11.2. The normalized spacial score (nSPS) is 12.8. The van der Waals surface area contributed by atoms with Crippen LogP contribution in [-0.4, -0.2) is 22.6 Å². The van der Waals surface area contributed by atoms with Crippen LogP contribution in [0.2, 0.25) is 5.02 Å². The monoisotopic (exact) mass is 528 g/mol. The number of rotatable bonds is 8. The second-order valence-electron chi connectivity index (χ2n) is 9.24. The average Bonchev–Trinajstić information content (AvgIpc) is 3.33. The summed E-state index contributed by atoms with van der Waals surface area (Å²) in [6, 6.07) is 24.0. The Labute approximate surface area is 224 Å². The summed E-state index contributed by atoms with van der Waals surface area (Å²) < 4.78 is 20.2. The minimum absolute atomic E-state index is 0.136. The minimum atomic E-state index is -0.661. The van der Waals surface area contributed by atoms with Gasteiger partial charge in [0.2, 0.25) is 5.91 Å². The summed E-state index contributed by atoms with van der Waals surface area (Å²) in [4.78, 5) is 17.0. The molecule has 5 nitrogen and oxygen atoms in total. The van der Waals surface area contributed by atoms with Crippen molar-refractivity contribution in [3.63, 3.8) is 0 Å². The van der Waals surface area contributed by atoms with Gasteiger partial charge in [-0.05, 0) is 65.6 Å². The number of aromatic nitrogens is 1. The maximum absolute atomic E-state index is 14.3. The molecule has 0 aliphatic carbocycles. The zero-order chi connectivity index (χ0) is 26.6. The molecule has 5 rings (SSSR count). The number of nitrogens with one attached hydrogen (secondary N) is 1. The number of hydrogen-bond acceptors (Lipinski definition) is 4. The number of hydrogen-bond donors (Lipinski definition) is 2. The van der Waals surface area contributed by atoms with Gasteiger partial charge in [-0.3, -0.25) is 9.78 Å². The molecule has 2 aromatic heterocycles. The van der Waals surface area contributed by atoms with Gasteiger partial charge in [0.15, 0.2) is 0 Å². The molecule has 0 fully saturated rings. The SMILES string of the molecule is Cc1cc(Cl)ccc1C(NC(=O)Cc1ccc2oc(C(CO)c3ccncc3F)cc2c1)c1ccccc1. The van der Waals surface area contributed by atoms with Gasteiger partial charge in [-0.15, -0.1) is 0 Å². The number of nitrogens with zero attached hydrogens (tertiary/aromatic N) is 1. The molecular formula is C31H26ClFN2O3. The van der Waals surface area contributed by atoms with Crippen LogP contribution in [-0.2, 0) is 11.2 Å². The summed E-state index contributed by atoms with van der Waals surface area (Å²) in [5.41, 5.74) is 4.64. The number of halogens is 2. The van der Waals surface area contributed by atoms with Crippen LogP contribution in [0.15, 0.2) is 95.7 Å². The molecule has 3 aromatic carbocycles. The van der Waals surface area contributed by atoms with E-state index in [9.17, 15) is 14.3 Å². The summed E-state index contributed by atoms with van der Waals surface area (Å²) in [5, 5.41) is 14.6. The molecule has 0 bridgehead atoms. The molecule has 0 saturated heterocycles. The Morgan fingerprint density at radius 1 is 1.05 bits per heavy atom. The van der Waals surface area contributed by atoms with Gasteiger partial charge in [0, 0.05) is 22.2 Å². The number of aliphatic hydroxyl groups is 1. The highest BCUT2D eigenvalue weighted by Gasteiger charge is 2.22. The van der Waals surface area contributed by atoms with Crippen LogP contribution in [0, 0.1) is 12.7 Å². The van der Waals surface area contributed by atoms with Gasteiger partial charge in [-0.1, -0.05) is 54.1 Å². The molecule has 7 heteroatoms. The molecule has 0 aliphatic rings. The van der Waals surface area contributed by atoms with E-state index in [1.165, 1.54) is 12.3 Å². The lowest BCUT2D eigenvalue weighted by Gasteiger charge is -2.22. The third-order valence-corrected chi connectivity index (χ3v) is 6.89. The second-order valence-corrected chi connectivity index (χ2v) is 9.68. The van der Waals surface area contributed by atoms with E-state index in [2.05, 4.69) is 10.3 Å². The Hall–Kier alpha value is -4.00. The number of aryl methyl sites for hydroxylation is 1. The summed E-state index contributed by atoms with van der Waals surface area (Å²) in [7, 11) is 0. The molecule has 0 aliphatic heterocycles. The highest BCUT2D eigenvalue weighted by Crippen LogP contribution is 2.32. The third-order valence-electron chi connectivity index (χ3n) is 6.65. The summed E-state index contributed by atoms with van der Waals surface area (Å²) in [6.45, 7) is 1.66. The number of amides is 1. The van der Waals surface area contributed by atoms with Gasteiger partial charge < -0.3 is 14.8 Å². The lowest BCUT2D eigenvalue weighted by atomic mass is 9.94. The van der Waals surface area contributed by atoms with Crippen molar-refractivity contribution in [3.8, 4) is 0 Å². The fraction of sp³-hybridized carbons (Fsp3) is 0.161. The first-order valence-electron chi connectivity index (χ1n) is 12.3. The standard InChI is InChI=1S/C31H26ClFN2O3/c1-19-13-23(32)8-9-24(19)31(21-5-3-2-4-6-21)35-30(37)15-20-7-10-28-22(14-20)16-29(38-28)26(18-36)25-11-12-34-17-27(25)33/h2-14,16-17,26,31,36H,15,18H2,1H3,(H,35,37). The lowest BCUT2D eigenvalue weighted by molar-refractivity contribution is -0.120. The molecule has 0 spiro atoms. The Balaban J connectivity index is 1.38. The molecule has 0 radical (unpaired) electrons. The van der Waals surface area contributed by atoms with Gasteiger partial charge in [-0.2, -0.15) is 0 Å². The molecular weight excluding hydrogens is 503 g/mol. The molecule has 38 heavy (non-hydrogen) atoms. The van der Waals surface area contributed by atoms with Crippen molar-refractivity contribution in [1.29, 1.82) is 0 Å². The summed E-state index contributed by atoms with van der Waals surface area (Å²) in [6.07, 6.45) is 2.76. The molecule has 0 saturated carbocycles. The summed E-state index contributed by atoms with van der Waals surface area (Å²) in [5.74, 6) is -0.862. The van der Waals surface area contributed by atoms with E-state index in [4.69, 9.17) is 16.0 Å². The third kappa shape index (κ3) is 5.47. The Kier molecular flexibility index (Phi) is 7.54. The predicted octanol–water partition coefficient (Wildman–Crippen LogP) is 6.50. The zero-order valence-corrected chi connectivity index (χ0v) is 21.5. The largest absolute Gasteiger partial charge is 0.460 e. The Morgan fingerprint density at radius 2 is 1.87 bits per heavy atom. The van der Waals surface area contributed by atoms with E-state index >= 15 is 0 Å². The Bertz CT molecular complexity index is 1590. The van der Waals surface area contributed by atoms with Gasteiger partial charge in [0.25, 0.3) is 0 Å². The van der Waals surface area contributed by atoms with E-state index in [1.807, 2.05) is 67.6 Å². The van der Waals surface area contributed by atoms with Crippen LogP contribution in [0.4, 0.5) is 4.39 Å². The first-order chi connectivity index (χ1) is 18.4. The quantitative estimate of drug-likeness (QED) is 0.241. The zero-order valence-electron chi connectivity index (χ0n) is 20.7. The number of carbonyl (C=O) groups excluding carboxylic acids is 1. The van der Waals surface area contributed by atoms with Crippen molar-refractivity contribution < 1.29 is 18.7 Å². The Morgan fingerprint density at radius 3 is 2.61 bits per heavy atom. The van der Waals surface area contributed by atoms with Crippen LogP contribution >= 0.6 is 11.6 Å². The minimum Gasteiger partial charge on any atom is -0.460 e. The highest BCUT2D eigenvalue weighted by atomic mass is 35.5. The van der Waals surface area contributed by atoms with Crippen molar-refractivity contribution in [2.24, 2.45) is 0 Å². The molecule has 1 amide bonds. The maximum Gasteiger partial charge on any atom is 0.225 e. The molecule has 192 valence electrons. The van der Waals surface area contributed by atoms with Crippen LogP contribution in [0.3, 0.4) is 0 Å². The lowest BCUT2D eigenvalue weighted by Crippen LogP contribution is -2.31. The average molecular weight is 529 g/mol. The van der Waals surface area contributed by atoms with E-state index in [0.717, 1.165) is 33.8 Å². The molecule has 2 N–H and O–H groups in total. The van der Waals surface area contributed by atoms with Crippen molar-refractivity contribution in [3.05, 3.63) is 136 Å². The molecule has 5 aromatic rings. The topological polar surface area (TPSA) is 75.4 Å². The van der Waals surface area contributed by atoms with Crippen molar-refractivity contribution >= 4 is 28.5 Å². The van der Waals surface area contributed by atoms with Crippen molar-refractivity contribution in [2.75, 3.05) is 6.61 Å². The van der Waals surface area contributed by atoms with Crippen molar-refractivity contribution in [1.82, 2.24) is 10.3 Å². The number of aliphatic hydroxyl groups excluding tert-OH is 1. The van der Waals surface area contributed by atoms with Crippen LogP contribution < -0.4 is 5.32 Å². The summed E-state index contributed by atoms with van der Waals surface area (Å²) >= 11 is 6.17. The first kappa shape index (κ1) is 25.6. The van der Waals surface area contributed by atoms with E-state index in [1.54, 1.807) is 12.1 Å².